The lowest BCUT2D eigenvalue weighted by atomic mass is 10.2. The molecule has 1 amide bonds. The maximum atomic E-state index is 12.5. The second kappa shape index (κ2) is 10.0. The number of halogens is 1. The summed E-state index contributed by atoms with van der Waals surface area (Å²) < 4.78 is 28.3. The van der Waals surface area contributed by atoms with Crippen LogP contribution in [0.25, 0.3) is 0 Å². The fourth-order valence-electron chi connectivity index (χ4n) is 2.75. The van der Waals surface area contributed by atoms with E-state index in [1.54, 1.807) is 30.3 Å². The highest BCUT2D eigenvalue weighted by Crippen LogP contribution is 2.19. The minimum Gasteiger partial charge on any atom is -0.351 e. The van der Waals surface area contributed by atoms with Crippen LogP contribution in [0, 0.1) is 0 Å². The maximum Gasteiger partial charge on any atom is 0.261 e. The summed E-state index contributed by atoms with van der Waals surface area (Å²) in [6, 6.07) is 13.2. The second-order valence-electron chi connectivity index (χ2n) is 6.62. The molecule has 0 bridgehead atoms. The predicted molar refractivity (Wildman–Crippen MR) is 116 cm³/mol. The summed E-state index contributed by atoms with van der Waals surface area (Å²) in [5.41, 5.74) is 0.747. The molecule has 0 aliphatic rings. The van der Waals surface area contributed by atoms with Gasteiger partial charge < -0.3 is 5.32 Å². The van der Waals surface area contributed by atoms with Gasteiger partial charge in [0, 0.05) is 34.9 Å². The van der Waals surface area contributed by atoms with Gasteiger partial charge in [-0.15, -0.1) is 0 Å². The lowest BCUT2D eigenvalue weighted by molar-refractivity contribution is 0.0946. The van der Waals surface area contributed by atoms with Crippen molar-refractivity contribution in [3.63, 3.8) is 0 Å². The number of likely N-dealkylation sites (N-methyl/N-ethyl adjacent to an activating group) is 1. The number of anilines is 1. The maximum absolute atomic E-state index is 12.5. The molecule has 2 N–H and O–H groups in total. The van der Waals surface area contributed by atoms with Crippen LogP contribution in [-0.2, 0) is 10.0 Å². The minimum atomic E-state index is -3.72. The highest BCUT2D eigenvalue weighted by Gasteiger charge is 2.15. The molecular weight excluding hydrogens is 442 g/mol. The van der Waals surface area contributed by atoms with Gasteiger partial charge in [-0.1, -0.05) is 28.9 Å². The van der Waals surface area contributed by atoms with Gasteiger partial charge in [0.05, 0.1) is 4.90 Å². The number of benzene rings is 2. The molecule has 152 valence electrons. The minimum absolute atomic E-state index is 0.152. The molecule has 6 nitrogen and oxygen atoms in total. The Morgan fingerprint density at radius 2 is 1.82 bits per heavy atom. The highest BCUT2D eigenvalue weighted by atomic mass is 79.9. The van der Waals surface area contributed by atoms with Crippen LogP contribution in [0.5, 0.6) is 0 Å². The van der Waals surface area contributed by atoms with Crippen molar-refractivity contribution in [2.45, 2.75) is 31.7 Å². The van der Waals surface area contributed by atoms with Gasteiger partial charge in [0.15, 0.2) is 0 Å². The quantitative estimate of drug-likeness (QED) is 0.588. The topological polar surface area (TPSA) is 78.5 Å². The van der Waals surface area contributed by atoms with Crippen LogP contribution in [0.15, 0.2) is 57.9 Å². The largest absolute Gasteiger partial charge is 0.351 e. The average Bonchev–Trinajstić information content (AvgIpc) is 2.65. The molecule has 8 heteroatoms. The Morgan fingerprint density at radius 3 is 2.43 bits per heavy atom. The molecular formula is C20H26BrN3O3S. The Labute approximate surface area is 175 Å². The molecule has 0 aromatic heterocycles. The van der Waals surface area contributed by atoms with Crippen molar-refractivity contribution in [2.24, 2.45) is 0 Å². The number of amides is 1. The van der Waals surface area contributed by atoms with E-state index < -0.39 is 10.0 Å². The first kappa shape index (κ1) is 22.4. The first-order valence-electron chi connectivity index (χ1n) is 9.13. The van der Waals surface area contributed by atoms with Gasteiger partial charge in [-0.25, -0.2) is 8.42 Å². The second-order valence-corrected chi connectivity index (χ2v) is 9.22. The van der Waals surface area contributed by atoms with Gasteiger partial charge in [-0.3, -0.25) is 14.4 Å². The molecule has 0 spiro atoms. The highest BCUT2D eigenvalue weighted by molar-refractivity contribution is 9.10. The Morgan fingerprint density at radius 1 is 1.14 bits per heavy atom. The Bertz CT molecular complexity index is 899. The smallest absolute Gasteiger partial charge is 0.261 e. The van der Waals surface area contributed by atoms with E-state index in [1.807, 2.05) is 0 Å². The van der Waals surface area contributed by atoms with Crippen LogP contribution in [-0.4, -0.2) is 44.9 Å². The SMILES string of the molecule is CCN(CCNC(=O)c1cccc(NS(=O)(=O)c2ccc(Br)cc2)c1)C(C)C. The van der Waals surface area contributed by atoms with E-state index in [0.717, 1.165) is 17.6 Å². The number of carbonyl (C=O) groups is 1. The van der Waals surface area contributed by atoms with E-state index in [-0.39, 0.29) is 10.8 Å². The van der Waals surface area contributed by atoms with Crippen molar-refractivity contribution in [1.29, 1.82) is 0 Å². The van der Waals surface area contributed by atoms with Gasteiger partial charge in [-0.2, -0.15) is 0 Å². The zero-order chi connectivity index (χ0) is 20.7. The Hall–Kier alpha value is -1.90. The van der Waals surface area contributed by atoms with Crippen LogP contribution in [0.2, 0.25) is 0 Å². The fourth-order valence-corrected chi connectivity index (χ4v) is 4.06. The van der Waals surface area contributed by atoms with Gasteiger partial charge in [-0.05, 0) is 62.9 Å². The van der Waals surface area contributed by atoms with Crippen LogP contribution >= 0.6 is 15.9 Å². The monoisotopic (exact) mass is 467 g/mol. The normalized spacial score (nSPS) is 11.6. The van der Waals surface area contributed by atoms with Crippen molar-refractivity contribution in [3.8, 4) is 0 Å². The molecule has 0 unspecified atom stereocenters. The summed E-state index contributed by atoms with van der Waals surface area (Å²) in [6.07, 6.45) is 0. The molecule has 0 heterocycles. The van der Waals surface area contributed by atoms with Crippen LogP contribution in [0.1, 0.15) is 31.1 Å². The molecule has 0 aliphatic heterocycles. The molecule has 0 radical (unpaired) electrons. The number of hydrogen-bond donors (Lipinski definition) is 2. The fraction of sp³-hybridized carbons (Fsp3) is 0.350. The van der Waals surface area contributed by atoms with Gasteiger partial charge >= 0.3 is 0 Å². The third-order valence-corrected chi connectivity index (χ3v) is 6.25. The first-order valence-corrected chi connectivity index (χ1v) is 11.4. The standard InChI is InChI=1S/C20H26BrN3O3S/c1-4-24(15(2)3)13-12-22-20(25)16-6-5-7-18(14-16)23-28(26,27)19-10-8-17(21)9-11-19/h5-11,14-15,23H,4,12-13H2,1-3H3,(H,22,25). The molecule has 0 aliphatic carbocycles. The molecule has 0 fully saturated rings. The predicted octanol–water partition coefficient (Wildman–Crippen LogP) is 3.71. The summed E-state index contributed by atoms with van der Waals surface area (Å²) in [5.74, 6) is -0.232. The summed E-state index contributed by atoms with van der Waals surface area (Å²) in [6.45, 7) is 8.53. The van der Waals surface area contributed by atoms with Gasteiger partial charge in [0.2, 0.25) is 0 Å². The van der Waals surface area contributed by atoms with Crippen LogP contribution in [0.4, 0.5) is 5.69 Å². The molecule has 0 atom stereocenters. The van der Waals surface area contributed by atoms with Crippen molar-refractivity contribution >= 4 is 37.5 Å². The van der Waals surface area contributed by atoms with Gasteiger partial charge in [0.25, 0.3) is 15.9 Å². The summed E-state index contributed by atoms with van der Waals surface area (Å²) in [5, 5.41) is 2.88. The van der Waals surface area contributed by atoms with Crippen LogP contribution < -0.4 is 10.0 Å². The lowest BCUT2D eigenvalue weighted by Gasteiger charge is -2.24. The van der Waals surface area contributed by atoms with E-state index in [1.165, 1.54) is 18.2 Å². The number of sulfonamides is 1. The number of rotatable bonds is 9. The third-order valence-electron chi connectivity index (χ3n) is 4.32. The molecule has 2 aromatic rings. The first-order chi connectivity index (χ1) is 13.2. The number of nitrogens with zero attached hydrogens (tertiary/aromatic N) is 1. The van der Waals surface area contributed by atoms with Crippen LogP contribution in [0.3, 0.4) is 0 Å². The lowest BCUT2D eigenvalue weighted by Crippen LogP contribution is -2.38. The summed E-state index contributed by atoms with van der Waals surface area (Å²) in [7, 11) is -3.72. The van der Waals surface area contributed by atoms with E-state index in [2.05, 4.69) is 51.6 Å². The van der Waals surface area contributed by atoms with Crippen molar-refractivity contribution in [3.05, 3.63) is 58.6 Å². The van der Waals surface area contributed by atoms with Gasteiger partial charge in [0.1, 0.15) is 0 Å². The number of hydrogen-bond acceptors (Lipinski definition) is 4. The zero-order valence-corrected chi connectivity index (χ0v) is 18.7. The Balaban J connectivity index is 2.03. The van der Waals surface area contributed by atoms with E-state index >= 15 is 0 Å². The number of carbonyl (C=O) groups excluding carboxylic acids is 1. The summed E-state index contributed by atoms with van der Waals surface area (Å²) >= 11 is 3.28. The summed E-state index contributed by atoms with van der Waals surface area (Å²) in [4.78, 5) is 14.8. The number of nitrogens with one attached hydrogen (secondary N) is 2. The van der Waals surface area contributed by atoms with E-state index in [4.69, 9.17) is 0 Å². The zero-order valence-electron chi connectivity index (χ0n) is 16.3. The average molecular weight is 468 g/mol. The molecule has 0 saturated heterocycles. The Kier molecular flexibility index (Phi) is 8.03. The van der Waals surface area contributed by atoms with Crippen molar-refractivity contribution in [1.82, 2.24) is 10.2 Å². The molecule has 28 heavy (non-hydrogen) atoms. The molecule has 2 rings (SSSR count). The van der Waals surface area contributed by atoms with Crippen molar-refractivity contribution < 1.29 is 13.2 Å². The third kappa shape index (κ3) is 6.32. The molecule has 2 aromatic carbocycles. The van der Waals surface area contributed by atoms with E-state index in [0.29, 0.717) is 23.8 Å². The van der Waals surface area contributed by atoms with E-state index in [9.17, 15) is 13.2 Å². The molecule has 0 saturated carbocycles. The van der Waals surface area contributed by atoms with Crippen molar-refractivity contribution in [2.75, 3.05) is 24.4 Å².